The van der Waals surface area contributed by atoms with E-state index >= 15 is 0 Å². The molecule has 0 aromatic heterocycles. The van der Waals surface area contributed by atoms with Crippen LogP contribution in [0.5, 0.6) is 5.75 Å². The van der Waals surface area contributed by atoms with Crippen LogP contribution in [0.15, 0.2) is 46.2 Å². The number of nitrogens with one attached hydrogen (secondary N) is 1. The number of carbonyl (C=O) groups excluding carboxylic acids is 1. The number of amides is 1. The minimum atomic E-state index is -1.03. The predicted molar refractivity (Wildman–Crippen MR) is 78.5 cm³/mol. The average Bonchev–Trinajstić information content (AvgIpc) is 2.61. The number of hydrogen-bond acceptors (Lipinski definition) is 4. The summed E-state index contributed by atoms with van der Waals surface area (Å²) in [6.45, 7) is 0. The second kappa shape index (κ2) is 5.14. The van der Waals surface area contributed by atoms with Crippen LogP contribution >= 0.6 is 11.8 Å². The minimum absolute atomic E-state index is 0.137. The number of carbonyl (C=O) groups is 2. The van der Waals surface area contributed by atoms with Gasteiger partial charge >= 0.3 is 5.97 Å². The van der Waals surface area contributed by atoms with Crippen LogP contribution in [0.25, 0.3) is 0 Å². The summed E-state index contributed by atoms with van der Waals surface area (Å²) in [6.07, 6.45) is 0. The number of aromatic carboxylic acids is 1. The zero-order chi connectivity index (χ0) is 15.0. The van der Waals surface area contributed by atoms with E-state index in [0.29, 0.717) is 17.0 Å². The zero-order valence-corrected chi connectivity index (χ0v) is 11.9. The number of carboxylic acids is 1. The number of methoxy groups -OCH3 is 1. The molecule has 0 bridgehead atoms. The van der Waals surface area contributed by atoms with Crippen LogP contribution in [0.2, 0.25) is 0 Å². The summed E-state index contributed by atoms with van der Waals surface area (Å²) < 4.78 is 5.17. The van der Waals surface area contributed by atoms with Gasteiger partial charge in [0.15, 0.2) is 0 Å². The standard InChI is InChI=1S/C15H11NO4S/c1-20-9-3-4-10-13(7-9)21-12-5-2-8(15(18)19)6-11(12)16-14(10)17/h2-7H,1H3,(H,16,17)(H,18,19). The Morgan fingerprint density at radius 3 is 2.71 bits per heavy atom. The van der Waals surface area contributed by atoms with Crippen molar-refractivity contribution in [3.05, 3.63) is 47.5 Å². The van der Waals surface area contributed by atoms with E-state index in [9.17, 15) is 9.59 Å². The van der Waals surface area contributed by atoms with E-state index in [1.165, 1.54) is 23.9 Å². The number of anilines is 1. The molecule has 5 nitrogen and oxygen atoms in total. The van der Waals surface area contributed by atoms with Crippen molar-refractivity contribution in [2.45, 2.75) is 9.79 Å². The van der Waals surface area contributed by atoms with Gasteiger partial charge in [-0.3, -0.25) is 4.79 Å². The molecule has 21 heavy (non-hydrogen) atoms. The first kappa shape index (κ1) is 13.5. The Bertz CT molecular complexity index is 757. The van der Waals surface area contributed by atoms with Crippen molar-refractivity contribution in [1.29, 1.82) is 0 Å². The van der Waals surface area contributed by atoms with Crippen LogP contribution in [-0.4, -0.2) is 24.1 Å². The Morgan fingerprint density at radius 1 is 1.19 bits per heavy atom. The van der Waals surface area contributed by atoms with Gasteiger partial charge in [0.05, 0.1) is 23.9 Å². The van der Waals surface area contributed by atoms with Gasteiger partial charge in [0.1, 0.15) is 5.75 Å². The van der Waals surface area contributed by atoms with Gasteiger partial charge in [-0.05, 0) is 36.4 Å². The van der Waals surface area contributed by atoms with Crippen molar-refractivity contribution in [3.8, 4) is 5.75 Å². The molecule has 1 heterocycles. The zero-order valence-electron chi connectivity index (χ0n) is 11.0. The molecule has 2 N–H and O–H groups in total. The minimum Gasteiger partial charge on any atom is -0.497 e. The number of benzene rings is 2. The topological polar surface area (TPSA) is 75.6 Å². The highest BCUT2D eigenvalue weighted by Gasteiger charge is 2.21. The Hall–Kier alpha value is -2.47. The van der Waals surface area contributed by atoms with Crippen molar-refractivity contribution in [3.63, 3.8) is 0 Å². The molecule has 1 amide bonds. The molecular weight excluding hydrogens is 290 g/mol. The molecule has 1 aliphatic heterocycles. The van der Waals surface area contributed by atoms with E-state index in [1.54, 1.807) is 31.4 Å². The van der Waals surface area contributed by atoms with Crippen molar-refractivity contribution in [2.24, 2.45) is 0 Å². The van der Waals surface area contributed by atoms with Crippen LogP contribution in [0.3, 0.4) is 0 Å². The Labute approximate surface area is 124 Å². The Kier molecular flexibility index (Phi) is 3.31. The number of ether oxygens (including phenoxy) is 1. The molecule has 6 heteroatoms. The van der Waals surface area contributed by atoms with Crippen molar-refractivity contribution in [2.75, 3.05) is 12.4 Å². The summed E-state index contributed by atoms with van der Waals surface area (Å²) in [5.74, 6) is -0.624. The summed E-state index contributed by atoms with van der Waals surface area (Å²) in [6, 6.07) is 9.88. The van der Waals surface area contributed by atoms with E-state index in [2.05, 4.69) is 5.32 Å². The third-order valence-electron chi connectivity index (χ3n) is 3.13. The van der Waals surface area contributed by atoms with Gasteiger partial charge in [0.2, 0.25) is 0 Å². The van der Waals surface area contributed by atoms with Gasteiger partial charge in [-0.2, -0.15) is 0 Å². The van der Waals surface area contributed by atoms with Gasteiger partial charge in [-0.1, -0.05) is 11.8 Å². The number of fused-ring (bicyclic) bond motifs is 2. The SMILES string of the molecule is COc1ccc2c(c1)Sc1ccc(C(=O)O)cc1NC2=O. The maximum absolute atomic E-state index is 12.2. The van der Waals surface area contributed by atoms with Gasteiger partial charge in [0, 0.05) is 9.79 Å². The molecule has 0 aliphatic carbocycles. The number of hydrogen-bond donors (Lipinski definition) is 2. The second-order valence-electron chi connectivity index (χ2n) is 4.43. The maximum atomic E-state index is 12.2. The lowest BCUT2D eigenvalue weighted by molar-refractivity contribution is 0.0696. The van der Waals surface area contributed by atoms with Crippen molar-refractivity contribution in [1.82, 2.24) is 0 Å². The van der Waals surface area contributed by atoms with E-state index in [4.69, 9.17) is 9.84 Å². The van der Waals surface area contributed by atoms with Crippen LogP contribution < -0.4 is 10.1 Å². The first-order chi connectivity index (χ1) is 10.1. The molecule has 0 radical (unpaired) electrons. The van der Waals surface area contributed by atoms with Crippen molar-refractivity contribution >= 4 is 29.3 Å². The van der Waals surface area contributed by atoms with E-state index in [1.807, 2.05) is 0 Å². The van der Waals surface area contributed by atoms with Gasteiger partial charge < -0.3 is 15.2 Å². The fourth-order valence-electron chi connectivity index (χ4n) is 2.06. The lowest BCUT2D eigenvalue weighted by Gasteiger charge is -2.06. The van der Waals surface area contributed by atoms with Gasteiger partial charge in [-0.25, -0.2) is 4.79 Å². The van der Waals surface area contributed by atoms with Crippen LogP contribution in [-0.2, 0) is 0 Å². The highest BCUT2D eigenvalue weighted by molar-refractivity contribution is 7.99. The summed E-state index contributed by atoms with van der Waals surface area (Å²) in [5, 5.41) is 11.8. The quantitative estimate of drug-likeness (QED) is 0.891. The molecular formula is C15H11NO4S. The van der Waals surface area contributed by atoms with Gasteiger partial charge in [0.25, 0.3) is 5.91 Å². The molecule has 0 saturated heterocycles. The number of carboxylic acid groups (broad SMARTS) is 1. The molecule has 0 spiro atoms. The lowest BCUT2D eigenvalue weighted by Crippen LogP contribution is -2.12. The molecule has 3 rings (SSSR count). The Morgan fingerprint density at radius 2 is 2.00 bits per heavy atom. The third-order valence-corrected chi connectivity index (χ3v) is 4.26. The summed E-state index contributed by atoms with van der Waals surface area (Å²) in [5.41, 5.74) is 1.17. The van der Waals surface area contributed by atoms with E-state index < -0.39 is 5.97 Å². The molecule has 0 atom stereocenters. The highest BCUT2D eigenvalue weighted by atomic mass is 32.2. The predicted octanol–water partition coefficient (Wildman–Crippen LogP) is 3.11. The fourth-order valence-corrected chi connectivity index (χ4v) is 3.10. The highest BCUT2D eigenvalue weighted by Crippen LogP contribution is 2.40. The van der Waals surface area contributed by atoms with Gasteiger partial charge in [-0.15, -0.1) is 0 Å². The molecule has 106 valence electrons. The molecule has 0 saturated carbocycles. The Balaban J connectivity index is 2.10. The molecule has 2 aromatic rings. The lowest BCUT2D eigenvalue weighted by atomic mass is 10.1. The van der Waals surface area contributed by atoms with Crippen molar-refractivity contribution < 1.29 is 19.4 Å². The molecule has 2 aromatic carbocycles. The maximum Gasteiger partial charge on any atom is 0.335 e. The summed E-state index contributed by atoms with van der Waals surface area (Å²) in [7, 11) is 1.57. The first-order valence-electron chi connectivity index (χ1n) is 6.13. The summed E-state index contributed by atoms with van der Waals surface area (Å²) >= 11 is 1.40. The van der Waals surface area contributed by atoms with E-state index in [-0.39, 0.29) is 11.5 Å². The second-order valence-corrected chi connectivity index (χ2v) is 5.52. The molecule has 0 fully saturated rings. The first-order valence-corrected chi connectivity index (χ1v) is 6.95. The van der Waals surface area contributed by atoms with E-state index in [0.717, 1.165) is 9.79 Å². The third kappa shape index (κ3) is 2.45. The molecule has 1 aliphatic rings. The largest absolute Gasteiger partial charge is 0.497 e. The fraction of sp³-hybridized carbons (Fsp3) is 0.0667. The summed E-state index contributed by atoms with van der Waals surface area (Å²) in [4.78, 5) is 24.8. The normalized spacial score (nSPS) is 12.7. The van der Waals surface area contributed by atoms with Crippen LogP contribution in [0.1, 0.15) is 20.7 Å². The average molecular weight is 301 g/mol. The van der Waals surface area contributed by atoms with Crippen LogP contribution in [0, 0.1) is 0 Å². The molecule has 0 unspecified atom stereocenters. The smallest absolute Gasteiger partial charge is 0.335 e. The monoisotopic (exact) mass is 301 g/mol. The number of rotatable bonds is 2. The van der Waals surface area contributed by atoms with Crippen LogP contribution in [0.4, 0.5) is 5.69 Å².